The third-order valence-electron chi connectivity index (χ3n) is 3.10. The molecule has 4 nitrogen and oxygen atoms in total. The van der Waals surface area contributed by atoms with Crippen LogP contribution in [0.2, 0.25) is 0 Å². The summed E-state index contributed by atoms with van der Waals surface area (Å²) in [6, 6.07) is 8.22. The van der Waals surface area contributed by atoms with Crippen molar-refractivity contribution < 1.29 is 4.79 Å². The van der Waals surface area contributed by atoms with Crippen molar-refractivity contribution in [2.24, 2.45) is 5.84 Å². The van der Waals surface area contributed by atoms with E-state index in [1.807, 2.05) is 0 Å². The minimum absolute atomic E-state index is 0.114. The summed E-state index contributed by atoms with van der Waals surface area (Å²) in [6.45, 7) is 6.91. The summed E-state index contributed by atoms with van der Waals surface area (Å²) in [5, 5.41) is 2.74. The van der Waals surface area contributed by atoms with E-state index in [0.717, 1.165) is 12.8 Å². The maximum atomic E-state index is 11.1. The maximum absolute atomic E-state index is 11.1. The van der Waals surface area contributed by atoms with Crippen LogP contribution < -0.4 is 16.6 Å². The average Bonchev–Trinajstić information content (AvgIpc) is 2.37. The zero-order valence-corrected chi connectivity index (χ0v) is 11.4. The van der Waals surface area contributed by atoms with Crippen LogP contribution in [-0.4, -0.2) is 12.6 Å². The second-order valence-corrected chi connectivity index (χ2v) is 5.16. The first-order valence-electron chi connectivity index (χ1n) is 6.33. The van der Waals surface area contributed by atoms with Gasteiger partial charge in [-0.25, -0.2) is 10.6 Å². The van der Waals surface area contributed by atoms with Gasteiger partial charge in [-0.1, -0.05) is 51.5 Å². The van der Waals surface area contributed by atoms with Gasteiger partial charge in [0.05, 0.1) is 0 Å². The quantitative estimate of drug-likeness (QED) is 0.425. The van der Waals surface area contributed by atoms with Crippen LogP contribution in [0.15, 0.2) is 24.3 Å². The van der Waals surface area contributed by atoms with Crippen molar-refractivity contribution >= 4 is 6.03 Å². The number of hydrazine groups is 1. The van der Waals surface area contributed by atoms with Gasteiger partial charge >= 0.3 is 6.03 Å². The highest BCUT2D eigenvalue weighted by Gasteiger charge is 2.21. The minimum Gasteiger partial charge on any atom is -0.336 e. The number of hydrogen-bond acceptors (Lipinski definition) is 2. The van der Waals surface area contributed by atoms with E-state index in [1.165, 1.54) is 11.1 Å². The van der Waals surface area contributed by atoms with E-state index in [0.29, 0.717) is 6.54 Å². The fraction of sp³-hybridized carbons (Fsp3) is 0.500. The number of benzene rings is 1. The zero-order valence-electron chi connectivity index (χ0n) is 11.4. The number of amides is 2. The highest BCUT2D eigenvalue weighted by atomic mass is 16.2. The van der Waals surface area contributed by atoms with Gasteiger partial charge in [-0.2, -0.15) is 0 Å². The molecule has 0 fully saturated rings. The number of hydrogen-bond donors (Lipinski definition) is 3. The van der Waals surface area contributed by atoms with E-state index in [2.05, 4.69) is 55.8 Å². The van der Waals surface area contributed by atoms with E-state index in [4.69, 9.17) is 5.84 Å². The molecule has 0 radical (unpaired) electrons. The molecular weight excluding hydrogens is 226 g/mol. The van der Waals surface area contributed by atoms with Gasteiger partial charge < -0.3 is 5.32 Å². The van der Waals surface area contributed by atoms with Crippen LogP contribution in [0.4, 0.5) is 4.79 Å². The average molecular weight is 249 g/mol. The molecule has 0 bridgehead atoms. The van der Waals surface area contributed by atoms with Crippen LogP contribution in [-0.2, 0) is 11.8 Å². The zero-order chi connectivity index (χ0) is 13.6. The van der Waals surface area contributed by atoms with E-state index in [-0.39, 0.29) is 11.4 Å². The first-order chi connectivity index (χ1) is 8.49. The summed E-state index contributed by atoms with van der Waals surface area (Å²) in [5.74, 6) is 5.03. The molecule has 0 aliphatic carbocycles. The highest BCUT2D eigenvalue weighted by molar-refractivity contribution is 5.73. The van der Waals surface area contributed by atoms with Gasteiger partial charge in [-0.05, 0) is 17.5 Å². The van der Waals surface area contributed by atoms with Crippen LogP contribution in [0, 0.1) is 0 Å². The Hall–Kier alpha value is -1.55. The van der Waals surface area contributed by atoms with Crippen LogP contribution in [0.25, 0.3) is 0 Å². The van der Waals surface area contributed by atoms with Crippen molar-refractivity contribution in [3.8, 4) is 0 Å². The van der Waals surface area contributed by atoms with E-state index in [9.17, 15) is 4.79 Å². The molecule has 0 aliphatic rings. The Morgan fingerprint density at radius 1 is 1.28 bits per heavy atom. The Kier molecular flexibility index (Phi) is 5.16. The Morgan fingerprint density at radius 3 is 2.39 bits per heavy atom. The summed E-state index contributed by atoms with van der Waals surface area (Å²) in [6.07, 6.45) is 2.26. The molecule has 4 N–H and O–H groups in total. The number of urea groups is 1. The van der Waals surface area contributed by atoms with Crippen molar-refractivity contribution in [1.82, 2.24) is 10.7 Å². The Balaban J connectivity index is 2.68. The molecule has 100 valence electrons. The number of carbonyl (C=O) groups excluding carboxylic acids is 1. The van der Waals surface area contributed by atoms with Crippen molar-refractivity contribution in [3.05, 3.63) is 35.4 Å². The lowest BCUT2D eigenvalue weighted by Crippen LogP contribution is -2.44. The summed E-state index contributed by atoms with van der Waals surface area (Å²) in [7, 11) is 0. The highest BCUT2D eigenvalue weighted by Crippen LogP contribution is 2.22. The maximum Gasteiger partial charge on any atom is 0.328 e. The van der Waals surface area contributed by atoms with Gasteiger partial charge in [0.25, 0.3) is 0 Å². The number of aryl methyl sites for hydroxylation is 1. The van der Waals surface area contributed by atoms with Gasteiger partial charge in [-0.3, -0.25) is 5.43 Å². The third-order valence-corrected chi connectivity index (χ3v) is 3.10. The Labute approximate surface area is 109 Å². The number of carbonyl (C=O) groups is 1. The van der Waals surface area contributed by atoms with Gasteiger partial charge in [0.2, 0.25) is 0 Å². The Morgan fingerprint density at radius 2 is 1.89 bits per heavy atom. The third kappa shape index (κ3) is 4.04. The van der Waals surface area contributed by atoms with Gasteiger partial charge in [0.15, 0.2) is 0 Å². The molecule has 0 saturated heterocycles. The lowest BCUT2D eigenvalue weighted by atomic mass is 9.84. The molecule has 1 aromatic rings. The van der Waals surface area contributed by atoms with Crippen molar-refractivity contribution in [2.45, 2.75) is 39.0 Å². The lowest BCUT2D eigenvalue weighted by molar-refractivity contribution is 0.238. The van der Waals surface area contributed by atoms with Crippen LogP contribution in [0.1, 0.15) is 38.3 Å². The summed E-state index contributed by atoms with van der Waals surface area (Å²) in [5.41, 5.74) is 4.51. The number of nitrogens with one attached hydrogen (secondary N) is 2. The smallest absolute Gasteiger partial charge is 0.328 e. The van der Waals surface area contributed by atoms with E-state index < -0.39 is 0 Å². The predicted molar refractivity (Wildman–Crippen MR) is 74.2 cm³/mol. The van der Waals surface area contributed by atoms with Crippen molar-refractivity contribution in [2.75, 3.05) is 6.54 Å². The van der Waals surface area contributed by atoms with Crippen molar-refractivity contribution in [1.29, 1.82) is 0 Å². The molecule has 0 saturated carbocycles. The summed E-state index contributed by atoms with van der Waals surface area (Å²) in [4.78, 5) is 11.1. The molecule has 0 aromatic heterocycles. The standard InChI is InChI=1S/C14H23N3O/c1-4-5-11-6-8-12(9-7-11)14(2,3)10-16-13(18)17-15/h6-9H,4-5,10,15H2,1-3H3,(H2,16,17,18). The first kappa shape index (κ1) is 14.5. The topological polar surface area (TPSA) is 67.2 Å². The molecular formula is C14H23N3O. The van der Waals surface area contributed by atoms with Crippen LogP contribution in [0.5, 0.6) is 0 Å². The normalized spacial score (nSPS) is 11.1. The van der Waals surface area contributed by atoms with Gasteiger partial charge in [-0.15, -0.1) is 0 Å². The molecule has 18 heavy (non-hydrogen) atoms. The van der Waals surface area contributed by atoms with Crippen LogP contribution >= 0.6 is 0 Å². The second kappa shape index (κ2) is 6.40. The van der Waals surface area contributed by atoms with E-state index in [1.54, 1.807) is 0 Å². The SMILES string of the molecule is CCCc1ccc(C(C)(C)CNC(=O)NN)cc1. The molecule has 0 heterocycles. The van der Waals surface area contributed by atoms with E-state index >= 15 is 0 Å². The molecule has 0 spiro atoms. The molecule has 2 amide bonds. The fourth-order valence-electron chi connectivity index (χ4n) is 1.87. The number of rotatable bonds is 5. The second-order valence-electron chi connectivity index (χ2n) is 5.16. The monoisotopic (exact) mass is 249 g/mol. The van der Waals surface area contributed by atoms with Crippen LogP contribution in [0.3, 0.4) is 0 Å². The van der Waals surface area contributed by atoms with Gasteiger partial charge in [0, 0.05) is 12.0 Å². The minimum atomic E-state index is -0.356. The molecule has 0 unspecified atom stereocenters. The lowest BCUT2D eigenvalue weighted by Gasteiger charge is -2.25. The summed E-state index contributed by atoms with van der Waals surface area (Å²) < 4.78 is 0. The molecule has 1 aromatic carbocycles. The summed E-state index contributed by atoms with van der Waals surface area (Å²) >= 11 is 0. The Bertz CT molecular complexity index is 385. The fourth-order valence-corrected chi connectivity index (χ4v) is 1.87. The first-order valence-corrected chi connectivity index (χ1v) is 6.33. The molecule has 1 rings (SSSR count). The molecule has 0 atom stereocenters. The molecule has 4 heteroatoms. The van der Waals surface area contributed by atoms with Gasteiger partial charge in [0.1, 0.15) is 0 Å². The predicted octanol–water partition coefficient (Wildman–Crippen LogP) is 2.09. The van der Waals surface area contributed by atoms with Crippen molar-refractivity contribution in [3.63, 3.8) is 0 Å². The number of nitrogens with two attached hydrogens (primary N) is 1. The molecule has 0 aliphatic heterocycles. The largest absolute Gasteiger partial charge is 0.336 e.